The van der Waals surface area contributed by atoms with Crippen LogP contribution in [0.5, 0.6) is 5.75 Å². The van der Waals surface area contributed by atoms with Crippen LogP contribution in [0.2, 0.25) is 5.02 Å². The van der Waals surface area contributed by atoms with E-state index in [0.29, 0.717) is 5.02 Å². The van der Waals surface area contributed by atoms with E-state index < -0.39 is 0 Å². The predicted molar refractivity (Wildman–Crippen MR) is 122 cm³/mol. The molecular weight excluding hydrogens is 386 g/mol. The Bertz CT molecular complexity index is 960. The van der Waals surface area contributed by atoms with Gasteiger partial charge in [0.2, 0.25) is 0 Å². The number of fused-ring (bicyclic) bond motifs is 2. The molecule has 0 aliphatic carbocycles. The van der Waals surface area contributed by atoms with Gasteiger partial charge in [-0.3, -0.25) is 0 Å². The third-order valence-electron chi connectivity index (χ3n) is 5.29. The van der Waals surface area contributed by atoms with Crippen LogP contribution in [0, 0.1) is 0 Å². The van der Waals surface area contributed by atoms with E-state index in [0.717, 1.165) is 59.0 Å². The smallest absolute Gasteiger partial charge is 0.119 e. The quantitative estimate of drug-likeness (QED) is 0.321. The van der Waals surface area contributed by atoms with Crippen LogP contribution < -0.4 is 15.4 Å². The lowest BCUT2D eigenvalue weighted by Gasteiger charge is -2.20. The first-order valence-electron chi connectivity index (χ1n) is 10.2. The third kappa shape index (κ3) is 5.30. The summed E-state index contributed by atoms with van der Waals surface area (Å²) in [7, 11) is 1.67. The van der Waals surface area contributed by atoms with Crippen molar-refractivity contribution in [2.24, 2.45) is 0 Å². The van der Waals surface area contributed by atoms with Gasteiger partial charge in [-0.15, -0.1) is 0 Å². The normalized spacial score (nSPS) is 13.6. The van der Waals surface area contributed by atoms with Crippen LogP contribution in [-0.2, 0) is 0 Å². The summed E-state index contributed by atoms with van der Waals surface area (Å²) in [6.45, 7) is 5.35. The molecule has 5 nitrogen and oxygen atoms in total. The van der Waals surface area contributed by atoms with Crippen molar-refractivity contribution >= 4 is 39.1 Å². The Morgan fingerprint density at radius 2 is 1.97 bits per heavy atom. The molecule has 1 aromatic heterocycles. The molecule has 0 saturated heterocycles. The fourth-order valence-corrected chi connectivity index (χ4v) is 3.72. The number of ether oxygens (including phenoxy) is 1. The van der Waals surface area contributed by atoms with Crippen molar-refractivity contribution in [2.75, 3.05) is 25.6 Å². The van der Waals surface area contributed by atoms with Gasteiger partial charge < -0.3 is 20.5 Å². The maximum atomic E-state index is 9.29. The predicted octanol–water partition coefficient (Wildman–Crippen LogP) is 4.99. The molecule has 156 valence electrons. The lowest BCUT2D eigenvalue weighted by Crippen LogP contribution is -2.33. The Kier molecular flexibility index (Phi) is 7.53. The van der Waals surface area contributed by atoms with Crippen LogP contribution in [0.15, 0.2) is 36.4 Å². The molecule has 2 unspecified atom stereocenters. The zero-order chi connectivity index (χ0) is 20.8. The number of aromatic nitrogens is 1. The van der Waals surface area contributed by atoms with E-state index in [2.05, 4.69) is 24.5 Å². The summed E-state index contributed by atoms with van der Waals surface area (Å²) in [5, 5.41) is 19.2. The van der Waals surface area contributed by atoms with Crippen LogP contribution in [0.3, 0.4) is 0 Å². The second-order valence-corrected chi connectivity index (χ2v) is 7.90. The monoisotopic (exact) mass is 415 g/mol. The van der Waals surface area contributed by atoms with Crippen molar-refractivity contribution in [1.29, 1.82) is 0 Å². The highest BCUT2D eigenvalue weighted by molar-refractivity contribution is 6.31. The van der Waals surface area contributed by atoms with Gasteiger partial charge in [-0.2, -0.15) is 0 Å². The number of anilines is 1. The van der Waals surface area contributed by atoms with E-state index in [9.17, 15) is 5.11 Å². The summed E-state index contributed by atoms with van der Waals surface area (Å²) in [5.41, 5.74) is 2.84. The number of aliphatic hydroxyl groups excluding tert-OH is 1. The fourth-order valence-electron chi connectivity index (χ4n) is 3.55. The zero-order valence-corrected chi connectivity index (χ0v) is 18.1. The first-order valence-corrected chi connectivity index (χ1v) is 10.6. The third-order valence-corrected chi connectivity index (χ3v) is 5.53. The minimum absolute atomic E-state index is 0.184. The lowest BCUT2D eigenvalue weighted by molar-refractivity contribution is 0.238. The van der Waals surface area contributed by atoms with Crippen molar-refractivity contribution < 1.29 is 9.84 Å². The average molecular weight is 416 g/mol. The fraction of sp³-hybridized carbons (Fsp3) is 0.435. The van der Waals surface area contributed by atoms with E-state index in [-0.39, 0.29) is 18.7 Å². The molecule has 0 spiro atoms. The molecule has 3 N–H and O–H groups in total. The van der Waals surface area contributed by atoms with Gasteiger partial charge in [0, 0.05) is 27.9 Å². The standard InChI is InChI=1S/C23H30ClN3O2/c1-4-17(14-28)25-11-5-6-15(2)26-23-19-9-7-16(24)12-22(19)27-21-10-8-18(29-3)13-20(21)23/h7-10,12-13,15,17,25,28H,4-6,11,14H2,1-3H3,(H,26,27). The van der Waals surface area contributed by atoms with E-state index in [1.807, 2.05) is 36.4 Å². The number of nitrogens with zero attached hydrogens (tertiary/aromatic N) is 1. The van der Waals surface area contributed by atoms with E-state index >= 15 is 0 Å². The second-order valence-electron chi connectivity index (χ2n) is 7.46. The van der Waals surface area contributed by atoms with Gasteiger partial charge >= 0.3 is 0 Å². The van der Waals surface area contributed by atoms with Crippen LogP contribution in [-0.4, -0.2) is 42.4 Å². The molecule has 29 heavy (non-hydrogen) atoms. The molecule has 0 bridgehead atoms. The number of rotatable bonds is 10. The molecule has 3 rings (SSSR count). The highest BCUT2D eigenvalue weighted by Crippen LogP contribution is 2.34. The topological polar surface area (TPSA) is 66.4 Å². The SMILES string of the molecule is CCC(CO)NCCCC(C)Nc1c2ccc(Cl)cc2nc2ccc(OC)cc12. The van der Waals surface area contributed by atoms with Gasteiger partial charge in [-0.25, -0.2) is 4.98 Å². The van der Waals surface area contributed by atoms with Gasteiger partial charge in [-0.1, -0.05) is 18.5 Å². The Balaban J connectivity index is 1.83. The van der Waals surface area contributed by atoms with Crippen LogP contribution >= 0.6 is 11.6 Å². The van der Waals surface area contributed by atoms with Crippen molar-refractivity contribution in [3.63, 3.8) is 0 Å². The number of hydrogen-bond acceptors (Lipinski definition) is 5. The number of halogens is 1. The van der Waals surface area contributed by atoms with Crippen LogP contribution in [0.4, 0.5) is 5.69 Å². The van der Waals surface area contributed by atoms with Gasteiger partial charge in [0.15, 0.2) is 0 Å². The molecular formula is C23H30ClN3O2. The first kappa shape index (κ1) is 21.6. The molecule has 2 aromatic carbocycles. The Morgan fingerprint density at radius 1 is 1.14 bits per heavy atom. The number of hydrogen-bond donors (Lipinski definition) is 3. The molecule has 2 atom stereocenters. The maximum Gasteiger partial charge on any atom is 0.119 e. The Morgan fingerprint density at radius 3 is 2.69 bits per heavy atom. The summed E-state index contributed by atoms with van der Waals surface area (Å²) in [5.74, 6) is 0.808. The van der Waals surface area contributed by atoms with Gasteiger partial charge in [0.05, 0.1) is 30.4 Å². The number of methoxy groups -OCH3 is 1. The lowest BCUT2D eigenvalue weighted by atomic mass is 10.1. The van der Waals surface area contributed by atoms with Crippen molar-refractivity contribution in [3.8, 4) is 5.75 Å². The summed E-state index contributed by atoms with van der Waals surface area (Å²) in [6, 6.07) is 12.2. The second kappa shape index (κ2) is 10.1. The minimum atomic E-state index is 0.184. The Hall–Kier alpha value is -2.08. The molecule has 0 amide bonds. The van der Waals surface area contributed by atoms with Gasteiger partial charge in [0.1, 0.15) is 5.75 Å². The molecule has 6 heteroatoms. The van der Waals surface area contributed by atoms with Crippen molar-refractivity contribution in [1.82, 2.24) is 10.3 Å². The number of benzene rings is 2. The van der Waals surface area contributed by atoms with Crippen molar-refractivity contribution in [2.45, 2.75) is 45.2 Å². The molecule has 3 aromatic rings. The van der Waals surface area contributed by atoms with E-state index in [1.54, 1.807) is 7.11 Å². The van der Waals surface area contributed by atoms with E-state index in [1.165, 1.54) is 0 Å². The molecule has 0 saturated carbocycles. The zero-order valence-electron chi connectivity index (χ0n) is 17.3. The Labute approximate surface area is 177 Å². The van der Waals surface area contributed by atoms with Gasteiger partial charge in [0.25, 0.3) is 0 Å². The summed E-state index contributed by atoms with van der Waals surface area (Å²) in [4.78, 5) is 4.78. The van der Waals surface area contributed by atoms with Crippen LogP contribution in [0.25, 0.3) is 21.8 Å². The minimum Gasteiger partial charge on any atom is -0.497 e. The molecule has 0 fully saturated rings. The number of pyridine rings is 1. The molecule has 0 aliphatic rings. The number of nitrogens with one attached hydrogen (secondary N) is 2. The summed E-state index contributed by atoms with van der Waals surface area (Å²) in [6.07, 6.45) is 2.97. The highest BCUT2D eigenvalue weighted by atomic mass is 35.5. The molecule has 1 heterocycles. The van der Waals surface area contributed by atoms with Crippen LogP contribution in [0.1, 0.15) is 33.1 Å². The first-order chi connectivity index (χ1) is 14.0. The maximum absolute atomic E-state index is 9.29. The van der Waals surface area contributed by atoms with E-state index in [4.69, 9.17) is 21.3 Å². The number of aliphatic hydroxyl groups is 1. The van der Waals surface area contributed by atoms with Crippen molar-refractivity contribution in [3.05, 3.63) is 41.4 Å². The highest BCUT2D eigenvalue weighted by Gasteiger charge is 2.13. The molecule has 0 radical (unpaired) electrons. The summed E-state index contributed by atoms with van der Waals surface area (Å²) < 4.78 is 5.43. The summed E-state index contributed by atoms with van der Waals surface area (Å²) >= 11 is 6.20. The largest absolute Gasteiger partial charge is 0.497 e. The van der Waals surface area contributed by atoms with Gasteiger partial charge in [-0.05, 0) is 69.1 Å². The molecule has 0 aliphatic heterocycles. The average Bonchev–Trinajstić information content (AvgIpc) is 2.73.